The first kappa shape index (κ1) is 13.3. The van der Waals surface area contributed by atoms with E-state index in [4.69, 9.17) is 0 Å². The van der Waals surface area contributed by atoms with Crippen LogP contribution in [-0.2, 0) is 0 Å². The van der Waals surface area contributed by atoms with Gasteiger partial charge < -0.3 is 5.32 Å². The molecule has 5 heteroatoms. The molecule has 1 atom stereocenters. The predicted molar refractivity (Wildman–Crippen MR) is 79.0 cm³/mol. The largest absolute Gasteiger partial charge is 0.314 e. The second-order valence-corrected chi connectivity index (χ2v) is 5.24. The number of benzene rings is 1. The maximum atomic E-state index is 4.42. The molecule has 0 radical (unpaired) electrons. The highest BCUT2D eigenvalue weighted by atomic mass is 15.3. The average molecular weight is 271 g/mol. The molecule has 1 aliphatic heterocycles. The van der Waals surface area contributed by atoms with Crippen LogP contribution in [0.4, 0.5) is 0 Å². The van der Waals surface area contributed by atoms with Gasteiger partial charge in [-0.15, -0.1) is 10.2 Å². The molecule has 0 saturated carbocycles. The van der Waals surface area contributed by atoms with Gasteiger partial charge in [-0.3, -0.25) is 9.47 Å². The van der Waals surface area contributed by atoms with E-state index in [1.54, 1.807) is 0 Å². The van der Waals surface area contributed by atoms with Gasteiger partial charge in [-0.25, -0.2) is 0 Å². The molecule has 1 saturated heterocycles. The van der Waals surface area contributed by atoms with Crippen LogP contribution in [0.2, 0.25) is 0 Å². The Kier molecular flexibility index (Phi) is 3.80. The standard InChI is InChI=1S/C15H21N5/c1-12(19-10-8-16-9-11-19)15-18-17-13(2)20(15)14-6-4-3-5-7-14/h3-7,12,16H,8-11H2,1-2H3. The van der Waals surface area contributed by atoms with E-state index in [9.17, 15) is 0 Å². The van der Waals surface area contributed by atoms with Crippen molar-refractivity contribution in [3.8, 4) is 5.69 Å². The summed E-state index contributed by atoms with van der Waals surface area (Å²) in [5.74, 6) is 1.96. The number of nitrogens with zero attached hydrogens (tertiary/aromatic N) is 4. The first-order valence-corrected chi connectivity index (χ1v) is 7.19. The predicted octanol–water partition coefficient (Wildman–Crippen LogP) is 1.54. The second kappa shape index (κ2) is 5.73. The monoisotopic (exact) mass is 271 g/mol. The van der Waals surface area contributed by atoms with Crippen molar-refractivity contribution < 1.29 is 0 Å². The lowest BCUT2D eigenvalue weighted by Crippen LogP contribution is -2.45. The van der Waals surface area contributed by atoms with Gasteiger partial charge in [0.1, 0.15) is 5.82 Å². The number of para-hydroxylation sites is 1. The molecule has 2 heterocycles. The maximum Gasteiger partial charge on any atom is 0.154 e. The van der Waals surface area contributed by atoms with E-state index in [1.807, 2.05) is 25.1 Å². The summed E-state index contributed by atoms with van der Waals surface area (Å²) in [6.45, 7) is 8.43. The summed E-state index contributed by atoms with van der Waals surface area (Å²) in [6.07, 6.45) is 0. The molecule has 1 aliphatic rings. The molecule has 5 nitrogen and oxygen atoms in total. The van der Waals surface area contributed by atoms with E-state index < -0.39 is 0 Å². The molecular weight excluding hydrogens is 250 g/mol. The van der Waals surface area contributed by atoms with Crippen LogP contribution in [0, 0.1) is 6.92 Å². The Morgan fingerprint density at radius 2 is 1.80 bits per heavy atom. The Morgan fingerprint density at radius 1 is 1.10 bits per heavy atom. The molecule has 1 N–H and O–H groups in total. The van der Waals surface area contributed by atoms with Crippen LogP contribution in [0.3, 0.4) is 0 Å². The first-order valence-electron chi connectivity index (χ1n) is 7.19. The van der Waals surface area contributed by atoms with Crippen molar-refractivity contribution in [2.75, 3.05) is 26.2 Å². The SMILES string of the molecule is Cc1nnc(C(C)N2CCNCC2)n1-c1ccccc1. The molecule has 1 aromatic carbocycles. The van der Waals surface area contributed by atoms with Crippen molar-refractivity contribution in [3.05, 3.63) is 42.0 Å². The fraction of sp³-hybridized carbons (Fsp3) is 0.467. The van der Waals surface area contributed by atoms with Gasteiger partial charge in [-0.05, 0) is 26.0 Å². The molecular formula is C15H21N5. The quantitative estimate of drug-likeness (QED) is 0.920. The molecule has 0 bridgehead atoms. The van der Waals surface area contributed by atoms with Gasteiger partial charge in [0.2, 0.25) is 0 Å². The Hall–Kier alpha value is -1.72. The Balaban J connectivity index is 1.94. The summed E-state index contributed by atoms with van der Waals surface area (Å²) in [5, 5.41) is 12.1. The summed E-state index contributed by atoms with van der Waals surface area (Å²) < 4.78 is 2.16. The zero-order valence-electron chi connectivity index (χ0n) is 12.1. The minimum atomic E-state index is 0.276. The van der Waals surface area contributed by atoms with Gasteiger partial charge in [0.25, 0.3) is 0 Å². The molecule has 3 rings (SSSR count). The average Bonchev–Trinajstić information content (AvgIpc) is 2.90. The number of hydrogen-bond acceptors (Lipinski definition) is 4. The molecule has 106 valence electrons. The van der Waals surface area contributed by atoms with Crippen LogP contribution in [0.1, 0.15) is 24.6 Å². The lowest BCUT2D eigenvalue weighted by atomic mass is 10.2. The lowest BCUT2D eigenvalue weighted by molar-refractivity contribution is 0.177. The molecule has 0 spiro atoms. The minimum absolute atomic E-state index is 0.276. The molecule has 0 amide bonds. The number of aromatic nitrogens is 3. The molecule has 0 aliphatic carbocycles. The van der Waals surface area contributed by atoms with Crippen LogP contribution in [-0.4, -0.2) is 45.8 Å². The third kappa shape index (κ3) is 2.46. The first-order chi connectivity index (χ1) is 9.77. The maximum absolute atomic E-state index is 4.42. The lowest BCUT2D eigenvalue weighted by Gasteiger charge is -2.32. The van der Waals surface area contributed by atoms with E-state index in [0.29, 0.717) is 0 Å². The Bertz CT molecular complexity index is 557. The Labute approximate surface area is 119 Å². The van der Waals surface area contributed by atoms with Crippen molar-refractivity contribution in [1.29, 1.82) is 0 Å². The summed E-state index contributed by atoms with van der Waals surface area (Å²) in [4.78, 5) is 2.46. The van der Waals surface area contributed by atoms with Crippen LogP contribution < -0.4 is 5.32 Å². The van der Waals surface area contributed by atoms with E-state index in [-0.39, 0.29) is 6.04 Å². The summed E-state index contributed by atoms with van der Waals surface area (Å²) in [6, 6.07) is 10.6. The van der Waals surface area contributed by atoms with E-state index >= 15 is 0 Å². The highest BCUT2D eigenvalue weighted by molar-refractivity contribution is 5.34. The minimum Gasteiger partial charge on any atom is -0.314 e. The van der Waals surface area contributed by atoms with Gasteiger partial charge in [-0.2, -0.15) is 0 Å². The van der Waals surface area contributed by atoms with E-state index in [0.717, 1.165) is 43.5 Å². The smallest absolute Gasteiger partial charge is 0.154 e. The second-order valence-electron chi connectivity index (χ2n) is 5.24. The van der Waals surface area contributed by atoms with Gasteiger partial charge in [0.05, 0.1) is 6.04 Å². The van der Waals surface area contributed by atoms with Crippen LogP contribution in [0.25, 0.3) is 5.69 Å². The highest BCUT2D eigenvalue weighted by Gasteiger charge is 2.23. The molecule has 1 unspecified atom stereocenters. The van der Waals surface area contributed by atoms with Crippen LogP contribution >= 0.6 is 0 Å². The van der Waals surface area contributed by atoms with Gasteiger partial charge in [0.15, 0.2) is 5.82 Å². The van der Waals surface area contributed by atoms with Crippen molar-refractivity contribution in [2.24, 2.45) is 0 Å². The summed E-state index contributed by atoms with van der Waals surface area (Å²) in [7, 11) is 0. The van der Waals surface area contributed by atoms with E-state index in [2.05, 4.69) is 44.0 Å². The highest BCUT2D eigenvalue weighted by Crippen LogP contribution is 2.22. The number of nitrogens with one attached hydrogen (secondary N) is 1. The number of rotatable bonds is 3. The fourth-order valence-corrected chi connectivity index (χ4v) is 2.78. The number of hydrogen-bond donors (Lipinski definition) is 1. The fourth-order valence-electron chi connectivity index (χ4n) is 2.78. The molecule has 20 heavy (non-hydrogen) atoms. The third-order valence-corrected chi connectivity index (χ3v) is 3.94. The van der Waals surface area contributed by atoms with Crippen molar-refractivity contribution in [3.63, 3.8) is 0 Å². The zero-order valence-corrected chi connectivity index (χ0v) is 12.1. The van der Waals surface area contributed by atoms with Crippen molar-refractivity contribution in [1.82, 2.24) is 25.0 Å². The summed E-state index contributed by atoms with van der Waals surface area (Å²) >= 11 is 0. The topological polar surface area (TPSA) is 46.0 Å². The third-order valence-electron chi connectivity index (χ3n) is 3.94. The normalized spacial score (nSPS) is 18.1. The molecule has 1 fully saturated rings. The molecule has 2 aromatic rings. The van der Waals surface area contributed by atoms with Gasteiger partial charge in [0, 0.05) is 31.9 Å². The zero-order chi connectivity index (χ0) is 13.9. The van der Waals surface area contributed by atoms with E-state index in [1.165, 1.54) is 0 Å². The van der Waals surface area contributed by atoms with Crippen LogP contribution in [0.5, 0.6) is 0 Å². The Morgan fingerprint density at radius 3 is 2.50 bits per heavy atom. The summed E-state index contributed by atoms with van der Waals surface area (Å²) in [5.41, 5.74) is 1.13. The van der Waals surface area contributed by atoms with Gasteiger partial charge >= 0.3 is 0 Å². The van der Waals surface area contributed by atoms with Crippen molar-refractivity contribution >= 4 is 0 Å². The number of aryl methyl sites for hydroxylation is 1. The van der Waals surface area contributed by atoms with Crippen LogP contribution in [0.15, 0.2) is 30.3 Å². The molecule has 1 aromatic heterocycles. The van der Waals surface area contributed by atoms with Crippen molar-refractivity contribution in [2.45, 2.75) is 19.9 Å². The van der Waals surface area contributed by atoms with Gasteiger partial charge in [-0.1, -0.05) is 18.2 Å². The number of piperazine rings is 1.